The van der Waals surface area contributed by atoms with Gasteiger partial charge in [-0.05, 0) is 33.3 Å². The van der Waals surface area contributed by atoms with E-state index in [1.54, 1.807) is 18.2 Å². The van der Waals surface area contributed by atoms with E-state index in [0.29, 0.717) is 5.57 Å². The molecule has 0 heterocycles. The quantitative estimate of drug-likeness (QED) is 0.388. The molecule has 0 saturated carbocycles. The van der Waals surface area contributed by atoms with Crippen LogP contribution in [0.15, 0.2) is 36.5 Å². The van der Waals surface area contributed by atoms with Crippen molar-refractivity contribution in [1.29, 1.82) is 0 Å². The predicted octanol–water partition coefficient (Wildman–Crippen LogP) is 3.80. The van der Waals surface area contributed by atoms with Crippen molar-refractivity contribution in [2.24, 2.45) is 0 Å². The Balaban J connectivity index is 4.65. The molecule has 0 saturated heterocycles. The number of hydrogen-bond donors (Lipinski definition) is 0. The van der Waals surface area contributed by atoms with Crippen LogP contribution in [-0.2, 0) is 9.53 Å². The largest absolute Gasteiger partial charge is 0.456 e. The Kier molecular flexibility index (Phi) is 6.47. The molecule has 16 heavy (non-hydrogen) atoms. The van der Waals surface area contributed by atoms with Gasteiger partial charge in [0.15, 0.2) is 0 Å². The van der Waals surface area contributed by atoms with E-state index >= 15 is 0 Å². The van der Waals surface area contributed by atoms with Gasteiger partial charge in [0.1, 0.15) is 5.60 Å². The molecule has 0 radical (unpaired) electrons. The van der Waals surface area contributed by atoms with Gasteiger partial charge in [-0.15, -0.1) is 0 Å². The minimum atomic E-state index is -0.409. The van der Waals surface area contributed by atoms with Crippen molar-refractivity contribution in [3.05, 3.63) is 36.5 Å². The number of rotatable bonds is 6. The zero-order valence-electron chi connectivity index (χ0n) is 10.7. The molecule has 0 N–H and O–H groups in total. The summed E-state index contributed by atoms with van der Waals surface area (Å²) in [5.41, 5.74) is 0.120. The lowest BCUT2D eigenvalue weighted by Gasteiger charge is -2.24. The van der Waals surface area contributed by atoms with E-state index in [1.807, 2.05) is 26.8 Å². The highest BCUT2D eigenvalue weighted by molar-refractivity contribution is 5.92. The maximum Gasteiger partial charge on any atom is 0.338 e. The van der Waals surface area contributed by atoms with E-state index in [9.17, 15) is 4.79 Å². The minimum absolute atomic E-state index is 0.295. The van der Waals surface area contributed by atoms with Crippen molar-refractivity contribution < 1.29 is 9.53 Å². The predicted molar refractivity (Wildman–Crippen MR) is 68.2 cm³/mol. The first kappa shape index (κ1) is 14.7. The molecule has 0 bridgehead atoms. The van der Waals surface area contributed by atoms with Gasteiger partial charge in [-0.25, -0.2) is 4.79 Å². The summed E-state index contributed by atoms with van der Waals surface area (Å²) in [6, 6.07) is 0. The van der Waals surface area contributed by atoms with Crippen molar-refractivity contribution in [3.8, 4) is 0 Å². The fourth-order valence-corrected chi connectivity index (χ4v) is 1.46. The lowest BCUT2D eigenvalue weighted by Crippen LogP contribution is -2.28. The first-order valence-corrected chi connectivity index (χ1v) is 5.65. The molecule has 2 nitrogen and oxygen atoms in total. The first-order valence-electron chi connectivity index (χ1n) is 5.65. The molecule has 2 heteroatoms. The number of allylic oxidation sites excluding steroid dienone is 3. The fourth-order valence-electron chi connectivity index (χ4n) is 1.46. The molecular formula is C14H22O2. The number of hydrogen-bond acceptors (Lipinski definition) is 2. The van der Waals surface area contributed by atoms with Gasteiger partial charge in [0, 0.05) is 0 Å². The second kappa shape index (κ2) is 7.04. The molecule has 0 amide bonds. The second-order valence-electron chi connectivity index (χ2n) is 4.26. The van der Waals surface area contributed by atoms with Crippen LogP contribution in [0.2, 0.25) is 0 Å². The van der Waals surface area contributed by atoms with Crippen molar-refractivity contribution >= 4 is 5.97 Å². The Morgan fingerprint density at radius 3 is 2.50 bits per heavy atom. The summed E-state index contributed by atoms with van der Waals surface area (Å²) in [5, 5.41) is 0. The summed E-state index contributed by atoms with van der Waals surface area (Å²) in [7, 11) is 0. The minimum Gasteiger partial charge on any atom is -0.456 e. The fraction of sp³-hybridized carbons (Fsp3) is 0.500. The highest BCUT2D eigenvalue weighted by Gasteiger charge is 2.22. The lowest BCUT2D eigenvalue weighted by atomic mass is 10.0. The zero-order chi connectivity index (χ0) is 12.6. The van der Waals surface area contributed by atoms with Crippen LogP contribution in [-0.4, -0.2) is 11.6 Å². The zero-order valence-corrected chi connectivity index (χ0v) is 10.7. The van der Waals surface area contributed by atoms with Crippen LogP contribution < -0.4 is 0 Å². The summed E-state index contributed by atoms with van der Waals surface area (Å²) < 4.78 is 5.44. The maximum atomic E-state index is 11.8. The number of carbonyl (C=O) groups excluding carboxylic acids is 1. The van der Waals surface area contributed by atoms with Crippen LogP contribution in [0.1, 0.15) is 40.5 Å². The highest BCUT2D eigenvalue weighted by atomic mass is 16.6. The third-order valence-corrected chi connectivity index (χ3v) is 2.10. The van der Waals surface area contributed by atoms with Crippen LogP contribution in [0.5, 0.6) is 0 Å². The number of ether oxygens (including phenoxy) is 1. The van der Waals surface area contributed by atoms with Gasteiger partial charge in [-0.3, -0.25) is 0 Å². The van der Waals surface area contributed by atoms with Gasteiger partial charge in [0.25, 0.3) is 0 Å². The molecule has 0 aromatic rings. The Morgan fingerprint density at radius 2 is 2.06 bits per heavy atom. The van der Waals surface area contributed by atoms with Crippen LogP contribution in [0.4, 0.5) is 0 Å². The van der Waals surface area contributed by atoms with Gasteiger partial charge in [-0.1, -0.05) is 38.2 Å². The van der Waals surface area contributed by atoms with Crippen LogP contribution in [0.25, 0.3) is 0 Å². The SMILES string of the molecule is C=C/C=C(\C=C/C)C(=O)OC(C)(C)CCC. The standard InChI is InChI=1S/C14H22O2/c1-6-9-12(10-7-2)13(15)16-14(4,5)11-8-3/h6-7,9-10H,1,8,11H2,2-5H3/b10-7-,12-9+. The molecule has 0 aromatic carbocycles. The molecule has 0 atom stereocenters. The molecule has 0 aromatic heterocycles. The smallest absolute Gasteiger partial charge is 0.338 e. The van der Waals surface area contributed by atoms with Crippen LogP contribution in [0, 0.1) is 0 Å². The van der Waals surface area contributed by atoms with Crippen LogP contribution in [0.3, 0.4) is 0 Å². The Labute approximate surface area is 98.7 Å². The number of carbonyl (C=O) groups is 1. The first-order chi connectivity index (χ1) is 7.46. The summed E-state index contributed by atoms with van der Waals surface area (Å²) in [6.07, 6.45) is 8.63. The van der Waals surface area contributed by atoms with E-state index in [-0.39, 0.29) is 5.97 Å². The Hall–Kier alpha value is -1.31. The molecule has 0 aliphatic rings. The van der Waals surface area contributed by atoms with Gasteiger partial charge >= 0.3 is 5.97 Å². The van der Waals surface area contributed by atoms with Crippen molar-refractivity contribution in [2.45, 2.75) is 46.1 Å². The maximum absolute atomic E-state index is 11.8. The molecule has 0 unspecified atom stereocenters. The monoisotopic (exact) mass is 222 g/mol. The van der Waals surface area contributed by atoms with Crippen molar-refractivity contribution in [1.82, 2.24) is 0 Å². The topological polar surface area (TPSA) is 26.3 Å². The molecule has 0 aliphatic heterocycles. The highest BCUT2D eigenvalue weighted by Crippen LogP contribution is 2.18. The van der Waals surface area contributed by atoms with Gasteiger partial charge in [0.05, 0.1) is 5.57 Å². The molecular weight excluding hydrogens is 200 g/mol. The average molecular weight is 222 g/mol. The number of esters is 1. The summed E-state index contributed by atoms with van der Waals surface area (Å²) in [5.74, 6) is -0.295. The Bertz CT molecular complexity index is 296. The normalized spacial score (nSPS) is 12.9. The van der Waals surface area contributed by atoms with E-state index in [2.05, 4.69) is 13.5 Å². The molecule has 0 aliphatic carbocycles. The molecule has 0 spiro atoms. The van der Waals surface area contributed by atoms with E-state index < -0.39 is 5.60 Å². The summed E-state index contributed by atoms with van der Waals surface area (Å²) >= 11 is 0. The van der Waals surface area contributed by atoms with Crippen molar-refractivity contribution in [2.75, 3.05) is 0 Å². The van der Waals surface area contributed by atoms with E-state index in [4.69, 9.17) is 4.74 Å². The van der Waals surface area contributed by atoms with Crippen LogP contribution >= 0.6 is 0 Å². The third-order valence-electron chi connectivity index (χ3n) is 2.10. The lowest BCUT2D eigenvalue weighted by molar-refractivity contribution is -0.151. The third kappa shape index (κ3) is 5.54. The summed E-state index contributed by atoms with van der Waals surface area (Å²) in [4.78, 5) is 11.8. The summed E-state index contributed by atoms with van der Waals surface area (Å²) in [6.45, 7) is 11.4. The van der Waals surface area contributed by atoms with E-state index in [0.717, 1.165) is 12.8 Å². The molecule has 0 rings (SSSR count). The average Bonchev–Trinajstić information content (AvgIpc) is 2.16. The Morgan fingerprint density at radius 1 is 1.44 bits per heavy atom. The molecule has 90 valence electrons. The second-order valence-corrected chi connectivity index (χ2v) is 4.26. The van der Waals surface area contributed by atoms with Crippen molar-refractivity contribution in [3.63, 3.8) is 0 Å². The van der Waals surface area contributed by atoms with Gasteiger partial charge < -0.3 is 4.74 Å². The van der Waals surface area contributed by atoms with Gasteiger partial charge in [-0.2, -0.15) is 0 Å². The van der Waals surface area contributed by atoms with Gasteiger partial charge in [0.2, 0.25) is 0 Å². The molecule has 0 fully saturated rings. The van der Waals surface area contributed by atoms with E-state index in [1.165, 1.54) is 0 Å².